The summed E-state index contributed by atoms with van der Waals surface area (Å²) in [5.41, 5.74) is 2.12. The summed E-state index contributed by atoms with van der Waals surface area (Å²) >= 11 is 12.1. The standard InChI is InChI=1S/C20H19Cl2N3O.C4H4O4/c21-16-8-7-14(11-17(16)22)26-15-9-12-5-6-13(10-15)25(12)20-23-18-3-1-2-4-19(18)24-20;5-3(6)1-2-4(7)8/h1-4,7-8,11-13,15H,5-6,9-10H2,(H,23,24);1-2H,(H,5,6)(H,7,8)/b;2-1+. The lowest BCUT2D eigenvalue weighted by atomic mass is 10.00. The first-order valence-electron chi connectivity index (χ1n) is 10.8. The highest BCUT2D eigenvalue weighted by Crippen LogP contribution is 2.40. The van der Waals surface area contributed by atoms with E-state index in [-0.39, 0.29) is 6.10 Å². The van der Waals surface area contributed by atoms with E-state index in [4.69, 9.17) is 43.1 Å². The molecule has 2 aliphatic rings. The number of rotatable bonds is 5. The van der Waals surface area contributed by atoms with Crippen molar-refractivity contribution in [1.82, 2.24) is 9.97 Å². The molecule has 178 valence electrons. The topological polar surface area (TPSA) is 116 Å². The minimum absolute atomic E-state index is 0.199. The molecule has 0 saturated carbocycles. The smallest absolute Gasteiger partial charge is 0.328 e. The number of nitrogens with one attached hydrogen (secondary N) is 1. The van der Waals surface area contributed by atoms with Gasteiger partial charge in [-0.2, -0.15) is 0 Å². The first-order valence-corrected chi connectivity index (χ1v) is 11.5. The van der Waals surface area contributed by atoms with Crippen molar-refractivity contribution in [2.45, 2.75) is 43.9 Å². The molecule has 2 unspecified atom stereocenters. The number of ether oxygens (including phenoxy) is 1. The number of imidazole rings is 1. The lowest BCUT2D eigenvalue weighted by Crippen LogP contribution is -2.47. The number of nitrogens with zero attached hydrogens (tertiary/aromatic N) is 2. The molecule has 0 amide bonds. The molecule has 8 nitrogen and oxygen atoms in total. The maximum absolute atomic E-state index is 9.55. The molecule has 2 aromatic carbocycles. The fraction of sp³-hybridized carbons (Fsp3) is 0.292. The predicted molar refractivity (Wildman–Crippen MR) is 130 cm³/mol. The van der Waals surface area contributed by atoms with Gasteiger partial charge in [-0.05, 0) is 37.1 Å². The highest BCUT2D eigenvalue weighted by molar-refractivity contribution is 6.42. The number of aliphatic carboxylic acids is 2. The first kappa shape index (κ1) is 23.9. The highest BCUT2D eigenvalue weighted by Gasteiger charge is 2.43. The Morgan fingerprint density at radius 3 is 2.24 bits per heavy atom. The van der Waals surface area contributed by atoms with Gasteiger partial charge in [0.2, 0.25) is 5.95 Å². The van der Waals surface area contributed by atoms with E-state index in [0.29, 0.717) is 34.3 Å². The molecule has 2 atom stereocenters. The predicted octanol–water partition coefficient (Wildman–Crippen LogP) is 5.16. The summed E-state index contributed by atoms with van der Waals surface area (Å²) in [6, 6.07) is 14.6. The number of halogens is 2. The van der Waals surface area contributed by atoms with Crippen LogP contribution in [0.3, 0.4) is 0 Å². The zero-order valence-electron chi connectivity index (χ0n) is 18.0. The Morgan fingerprint density at radius 1 is 1.00 bits per heavy atom. The number of hydrogen-bond donors (Lipinski definition) is 3. The molecule has 2 saturated heterocycles. The van der Waals surface area contributed by atoms with Crippen molar-refractivity contribution in [1.29, 1.82) is 0 Å². The Labute approximate surface area is 205 Å². The molecule has 2 aliphatic heterocycles. The van der Waals surface area contributed by atoms with Crippen LogP contribution >= 0.6 is 23.2 Å². The van der Waals surface area contributed by atoms with E-state index in [9.17, 15) is 9.59 Å². The lowest BCUT2D eigenvalue weighted by Gasteiger charge is -2.38. The quantitative estimate of drug-likeness (QED) is 0.411. The van der Waals surface area contributed by atoms with Crippen LogP contribution in [0.15, 0.2) is 54.6 Å². The van der Waals surface area contributed by atoms with Crippen LogP contribution in [0.25, 0.3) is 11.0 Å². The third kappa shape index (κ3) is 5.63. The van der Waals surface area contributed by atoms with E-state index < -0.39 is 11.9 Å². The number of anilines is 1. The monoisotopic (exact) mass is 503 g/mol. The van der Waals surface area contributed by atoms with Gasteiger partial charge in [-0.25, -0.2) is 14.6 Å². The Bertz CT molecular complexity index is 1170. The third-order valence-electron chi connectivity index (χ3n) is 5.87. The molecule has 1 aromatic heterocycles. The molecule has 3 N–H and O–H groups in total. The number of carboxylic acid groups (broad SMARTS) is 2. The van der Waals surface area contributed by atoms with E-state index in [2.05, 4.69) is 22.0 Å². The maximum atomic E-state index is 9.55. The van der Waals surface area contributed by atoms with Gasteiger partial charge in [-0.1, -0.05) is 35.3 Å². The molecular formula is C24H23Cl2N3O5. The number of H-pyrrole nitrogens is 1. The summed E-state index contributed by atoms with van der Waals surface area (Å²) in [7, 11) is 0. The number of carbonyl (C=O) groups is 2. The first-order chi connectivity index (χ1) is 16.3. The fourth-order valence-corrected chi connectivity index (χ4v) is 4.80. The lowest BCUT2D eigenvalue weighted by molar-refractivity contribution is -0.134. The Hall–Kier alpha value is -3.23. The van der Waals surface area contributed by atoms with Crippen molar-refractivity contribution in [2.75, 3.05) is 4.90 Å². The molecule has 0 spiro atoms. The number of para-hydroxylation sites is 2. The van der Waals surface area contributed by atoms with E-state index in [1.807, 2.05) is 18.2 Å². The number of benzene rings is 2. The minimum atomic E-state index is -1.26. The van der Waals surface area contributed by atoms with Crippen LogP contribution in [-0.4, -0.2) is 50.3 Å². The maximum Gasteiger partial charge on any atom is 0.328 e. The van der Waals surface area contributed by atoms with Crippen molar-refractivity contribution >= 4 is 52.1 Å². The second-order valence-corrected chi connectivity index (χ2v) is 8.98. The van der Waals surface area contributed by atoms with Gasteiger partial charge in [0.05, 0.1) is 21.1 Å². The Kier molecular flexibility index (Phi) is 7.29. The highest BCUT2D eigenvalue weighted by atomic mass is 35.5. The van der Waals surface area contributed by atoms with Gasteiger partial charge in [-0.3, -0.25) is 0 Å². The Balaban J connectivity index is 0.000000297. The summed E-state index contributed by atoms with van der Waals surface area (Å²) in [4.78, 5) is 29.9. The van der Waals surface area contributed by atoms with Gasteiger partial charge in [0.25, 0.3) is 0 Å². The van der Waals surface area contributed by atoms with Crippen molar-refractivity contribution in [2.24, 2.45) is 0 Å². The van der Waals surface area contributed by atoms with Crippen LogP contribution in [0.5, 0.6) is 5.75 Å². The zero-order chi connectivity index (χ0) is 24.2. The summed E-state index contributed by atoms with van der Waals surface area (Å²) in [6.45, 7) is 0. The number of aromatic amines is 1. The van der Waals surface area contributed by atoms with Crippen molar-refractivity contribution in [3.8, 4) is 5.75 Å². The number of piperidine rings is 1. The molecule has 0 radical (unpaired) electrons. The number of hydrogen-bond acceptors (Lipinski definition) is 5. The van der Waals surface area contributed by atoms with E-state index in [1.165, 1.54) is 12.8 Å². The van der Waals surface area contributed by atoms with Gasteiger partial charge < -0.3 is 24.8 Å². The number of aromatic nitrogens is 2. The molecule has 10 heteroatoms. The van der Waals surface area contributed by atoms with Crippen molar-refractivity contribution in [3.05, 3.63) is 64.7 Å². The fourth-order valence-electron chi connectivity index (χ4n) is 4.52. The molecule has 0 aliphatic carbocycles. The van der Waals surface area contributed by atoms with Crippen LogP contribution in [0, 0.1) is 0 Å². The summed E-state index contributed by atoms with van der Waals surface area (Å²) in [5.74, 6) is -0.729. The van der Waals surface area contributed by atoms with Crippen LogP contribution in [0.4, 0.5) is 5.95 Å². The summed E-state index contributed by atoms with van der Waals surface area (Å²) in [5, 5.41) is 16.7. The second-order valence-electron chi connectivity index (χ2n) is 8.17. The van der Waals surface area contributed by atoms with Gasteiger partial charge >= 0.3 is 11.9 Å². The summed E-state index contributed by atoms with van der Waals surface area (Å²) in [6.07, 6.45) is 5.67. The average molecular weight is 504 g/mol. The van der Waals surface area contributed by atoms with Crippen LogP contribution < -0.4 is 9.64 Å². The van der Waals surface area contributed by atoms with Gasteiger partial charge in [0.15, 0.2) is 0 Å². The van der Waals surface area contributed by atoms with Crippen LogP contribution in [0.1, 0.15) is 25.7 Å². The van der Waals surface area contributed by atoms with E-state index >= 15 is 0 Å². The van der Waals surface area contributed by atoms with Gasteiger partial charge in [0, 0.05) is 43.1 Å². The van der Waals surface area contributed by atoms with Crippen molar-refractivity contribution in [3.63, 3.8) is 0 Å². The third-order valence-corrected chi connectivity index (χ3v) is 6.61. The Morgan fingerprint density at radius 2 is 1.65 bits per heavy atom. The average Bonchev–Trinajstić information content (AvgIpc) is 3.33. The van der Waals surface area contributed by atoms with Crippen LogP contribution in [-0.2, 0) is 9.59 Å². The van der Waals surface area contributed by atoms with Gasteiger partial charge in [0.1, 0.15) is 11.9 Å². The minimum Gasteiger partial charge on any atom is -0.490 e. The normalized spacial score (nSPS) is 21.4. The summed E-state index contributed by atoms with van der Waals surface area (Å²) < 4.78 is 6.21. The van der Waals surface area contributed by atoms with Crippen molar-refractivity contribution < 1.29 is 24.5 Å². The number of carboxylic acids is 2. The molecular weight excluding hydrogens is 481 g/mol. The van der Waals surface area contributed by atoms with E-state index in [0.717, 1.165) is 35.6 Å². The second kappa shape index (κ2) is 10.4. The molecule has 34 heavy (non-hydrogen) atoms. The van der Waals surface area contributed by atoms with Crippen LogP contribution in [0.2, 0.25) is 10.0 Å². The van der Waals surface area contributed by atoms with Gasteiger partial charge in [-0.15, -0.1) is 0 Å². The zero-order valence-corrected chi connectivity index (χ0v) is 19.5. The molecule has 5 rings (SSSR count). The SMILES string of the molecule is Clc1ccc(OC2CC3CCC(C2)N3c2nc3ccccc3[nH]2)cc1Cl.O=C(O)/C=C/C(=O)O. The largest absolute Gasteiger partial charge is 0.490 e. The van der Waals surface area contributed by atoms with E-state index in [1.54, 1.807) is 12.1 Å². The molecule has 2 bridgehead atoms. The molecule has 3 heterocycles. The molecule has 2 fully saturated rings. The number of fused-ring (bicyclic) bond motifs is 3. The molecule has 3 aromatic rings.